The van der Waals surface area contributed by atoms with Crippen LogP contribution in [0.3, 0.4) is 0 Å². The van der Waals surface area contributed by atoms with Crippen LogP contribution >= 0.6 is 0 Å². The van der Waals surface area contributed by atoms with Gasteiger partial charge in [0.1, 0.15) is 18.2 Å². The Bertz CT molecular complexity index is 566. The lowest BCUT2D eigenvalue weighted by Gasteiger charge is -2.11. The van der Waals surface area contributed by atoms with Crippen LogP contribution < -0.4 is 10.5 Å². The van der Waals surface area contributed by atoms with E-state index in [-0.39, 0.29) is 5.69 Å². The van der Waals surface area contributed by atoms with Gasteiger partial charge in [0.2, 0.25) is 0 Å². The SMILES string of the molecule is Cc1cccc(OCc2ccc(N)c(F)c2)c1C. The van der Waals surface area contributed by atoms with Crippen molar-refractivity contribution in [2.45, 2.75) is 20.5 Å². The lowest BCUT2D eigenvalue weighted by atomic mass is 10.1. The highest BCUT2D eigenvalue weighted by Crippen LogP contribution is 2.22. The Kier molecular flexibility index (Phi) is 3.51. The van der Waals surface area contributed by atoms with Crippen LogP contribution in [0.2, 0.25) is 0 Å². The summed E-state index contributed by atoms with van der Waals surface area (Å²) in [5.41, 5.74) is 8.63. The number of ether oxygens (including phenoxy) is 1. The highest BCUT2D eigenvalue weighted by molar-refractivity contribution is 5.42. The third-order valence-electron chi connectivity index (χ3n) is 3.01. The van der Waals surface area contributed by atoms with Gasteiger partial charge >= 0.3 is 0 Å². The van der Waals surface area contributed by atoms with Crippen LogP contribution in [-0.4, -0.2) is 0 Å². The second-order valence-electron chi connectivity index (χ2n) is 4.34. The van der Waals surface area contributed by atoms with Gasteiger partial charge in [0.15, 0.2) is 0 Å². The van der Waals surface area contributed by atoms with Crippen molar-refractivity contribution in [1.29, 1.82) is 0 Å². The molecule has 0 aliphatic carbocycles. The number of nitrogen functional groups attached to an aromatic ring is 1. The van der Waals surface area contributed by atoms with Gasteiger partial charge in [-0.05, 0) is 48.7 Å². The summed E-state index contributed by atoms with van der Waals surface area (Å²) in [4.78, 5) is 0. The van der Waals surface area contributed by atoms with Crippen LogP contribution in [0, 0.1) is 19.7 Å². The molecule has 0 radical (unpaired) electrons. The number of benzene rings is 2. The van der Waals surface area contributed by atoms with Gasteiger partial charge < -0.3 is 10.5 Å². The molecule has 0 amide bonds. The fourth-order valence-electron chi connectivity index (χ4n) is 1.70. The summed E-state index contributed by atoms with van der Waals surface area (Å²) in [5, 5.41) is 0. The lowest BCUT2D eigenvalue weighted by molar-refractivity contribution is 0.303. The highest BCUT2D eigenvalue weighted by Gasteiger charge is 2.04. The van der Waals surface area contributed by atoms with Crippen LogP contribution in [0.4, 0.5) is 10.1 Å². The molecule has 0 atom stereocenters. The van der Waals surface area contributed by atoms with Crippen molar-refractivity contribution in [1.82, 2.24) is 0 Å². The first-order valence-corrected chi connectivity index (χ1v) is 5.81. The van der Waals surface area contributed by atoms with E-state index in [0.29, 0.717) is 6.61 Å². The van der Waals surface area contributed by atoms with Crippen molar-refractivity contribution < 1.29 is 9.13 Å². The zero-order chi connectivity index (χ0) is 13.1. The average molecular weight is 245 g/mol. The molecule has 94 valence electrons. The van der Waals surface area contributed by atoms with E-state index in [2.05, 4.69) is 0 Å². The number of hydrogen-bond donors (Lipinski definition) is 1. The summed E-state index contributed by atoms with van der Waals surface area (Å²) in [6, 6.07) is 10.6. The largest absolute Gasteiger partial charge is 0.489 e. The fraction of sp³-hybridized carbons (Fsp3) is 0.200. The van der Waals surface area contributed by atoms with E-state index < -0.39 is 5.82 Å². The average Bonchev–Trinajstić information content (AvgIpc) is 2.35. The number of halogens is 1. The van der Waals surface area contributed by atoms with Gasteiger partial charge in [0.25, 0.3) is 0 Å². The molecule has 2 rings (SSSR count). The van der Waals surface area contributed by atoms with Crippen molar-refractivity contribution in [3.05, 3.63) is 58.9 Å². The summed E-state index contributed by atoms with van der Waals surface area (Å²) in [6.07, 6.45) is 0. The predicted octanol–water partition coefficient (Wildman–Crippen LogP) is 3.60. The van der Waals surface area contributed by atoms with Gasteiger partial charge in [-0.3, -0.25) is 0 Å². The molecular formula is C15H16FNO. The minimum Gasteiger partial charge on any atom is -0.489 e. The van der Waals surface area contributed by atoms with Crippen molar-refractivity contribution in [3.63, 3.8) is 0 Å². The summed E-state index contributed by atoms with van der Waals surface area (Å²) >= 11 is 0. The second kappa shape index (κ2) is 5.08. The molecule has 0 bridgehead atoms. The van der Waals surface area contributed by atoms with Crippen LogP contribution in [0.5, 0.6) is 5.75 Å². The summed E-state index contributed by atoms with van der Waals surface area (Å²) in [7, 11) is 0. The second-order valence-corrected chi connectivity index (χ2v) is 4.34. The number of aryl methyl sites for hydroxylation is 1. The molecule has 18 heavy (non-hydrogen) atoms. The molecule has 0 saturated heterocycles. The van der Waals surface area contributed by atoms with Crippen molar-refractivity contribution >= 4 is 5.69 Å². The zero-order valence-corrected chi connectivity index (χ0v) is 10.5. The zero-order valence-electron chi connectivity index (χ0n) is 10.5. The quantitative estimate of drug-likeness (QED) is 0.838. The van der Waals surface area contributed by atoms with Crippen molar-refractivity contribution in [2.24, 2.45) is 0 Å². The Morgan fingerprint density at radius 1 is 1.17 bits per heavy atom. The molecule has 2 aromatic rings. The molecule has 2 nitrogen and oxygen atoms in total. The van der Waals surface area contributed by atoms with Crippen LogP contribution in [0.25, 0.3) is 0 Å². The van der Waals surface area contributed by atoms with Gasteiger partial charge in [0, 0.05) is 0 Å². The monoisotopic (exact) mass is 245 g/mol. The topological polar surface area (TPSA) is 35.2 Å². The Hall–Kier alpha value is -2.03. The fourth-order valence-corrected chi connectivity index (χ4v) is 1.70. The Labute approximate surface area is 106 Å². The molecule has 0 heterocycles. The third-order valence-corrected chi connectivity index (χ3v) is 3.01. The van der Waals surface area contributed by atoms with E-state index in [1.54, 1.807) is 12.1 Å². The number of rotatable bonds is 3. The van der Waals surface area contributed by atoms with Gasteiger partial charge in [-0.25, -0.2) is 4.39 Å². The molecule has 0 aliphatic rings. The number of nitrogens with two attached hydrogens (primary N) is 1. The molecule has 0 spiro atoms. The van der Waals surface area contributed by atoms with Crippen LogP contribution in [0.1, 0.15) is 16.7 Å². The first-order valence-electron chi connectivity index (χ1n) is 5.81. The number of hydrogen-bond acceptors (Lipinski definition) is 2. The smallest absolute Gasteiger partial charge is 0.146 e. The molecule has 3 heteroatoms. The molecule has 0 aromatic heterocycles. The highest BCUT2D eigenvalue weighted by atomic mass is 19.1. The van der Waals surface area contributed by atoms with Crippen LogP contribution in [-0.2, 0) is 6.61 Å². The van der Waals surface area contributed by atoms with Crippen molar-refractivity contribution in [2.75, 3.05) is 5.73 Å². The van der Waals surface area contributed by atoms with Gasteiger partial charge in [-0.2, -0.15) is 0 Å². The standard InChI is InChI=1S/C15H16FNO/c1-10-4-3-5-15(11(10)2)18-9-12-6-7-14(17)13(16)8-12/h3-8H,9,17H2,1-2H3. The van der Waals surface area contributed by atoms with E-state index in [9.17, 15) is 4.39 Å². The van der Waals surface area contributed by atoms with Crippen molar-refractivity contribution in [3.8, 4) is 5.75 Å². The lowest BCUT2D eigenvalue weighted by Crippen LogP contribution is -1.99. The van der Waals surface area contributed by atoms with E-state index >= 15 is 0 Å². The first-order chi connectivity index (χ1) is 8.58. The van der Waals surface area contributed by atoms with Gasteiger partial charge in [-0.1, -0.05) is 18.2 Å². The van der Waals surface area contributed by atoms with E-state index in [1.807, 2.05) is 32.0 Å². The summed E-state index contributed by atoms with van der Waals surface area (Å²) in [5.74, 6) is 0.421. The molecule has 0 fully saturated rings. The summed E-state index contributed by atoms with van der Waals surface area (Å²) in [6.45, 7) is 4.38. The molecule has 0 unspecified atom stereocenters. The maximum Gasteiger partial charge on any atom is 0.146 e. The first kappa shape index (κ1) is 12.4. The summed E-state index contributed by atoms with van der Waals surface area (Å²) < 4.78 is 19.0. The third kappa shape index (κ3) is 2.62. The Morgan fingerprint density at radius 2 is 1.94 bits per heavy atom. The minimum absolute atomic E-state index is 0.158. The molecule has 0 saturated carbocycles. The Morgan fingerprint density at radius 3 is 2.67 bits per heavy atom. The predicted molar refractivity (Wildman–Crippen MR) is 71.1 cm³/mol. The van der Waals surface area contributed by atoms with E-state index in [0.717, 1.165) is 16.9 Å². The van der Waals surface area contributed by atoms with Gasteiger partial charge in [0.05, 0.1) is 5.69 Å². The maximum atomic E-state index is 13.3. The molecular weight excluding hydrogens is 229 g/mol. The van der Waals surface area contributed by atoms with Gasteiger partial charge in [-0.15, -0.1) is 0 Å². The normalized spacial score (nSPS) is 10.4. The Balaban J connectivity index is 2.11. The van der Waals surface area contributed by atoms with E-state index in [1.165, 1.54) is 11.6 Å². The molecule has 2 aromatic carbocycles. The van der Waals surface area contributed by atoms with E-state index in [4.69, 9.17) is 10.5 Å². The molecule has 2 N–H and O–H groups in total. The maximum absolute atomic E-state index is 13.3. The number of anilines is 1. The van der Waals surface area contributed by atoms with Crippen LogP contribution in [0.15, 0.2) is 36.4 Å². The molecule has 0 aliphatic heterocycles. The minimum atomic E-state index is -0.405.